The molecule has 0 radical (unpaired) electrons. The Morgan fingerprint density at radius 3 is 2.61 bits per heavy atom. The molecule has 4 unspecified atom stereocenters. The summed E-state index contributed by atoms with van der Waals surface area (Å²) in [5, 5.41) is 12.8. The van der Waals surface area contributed by atoms with E-state index in [1.807, 2.05) is 13.0 Å². The van der Waals surface area contributed by atoms with E-state index in [2.05, 4.69) is 23.5 Å². The quantitative estimate of drug-likeness (QED) is 0.858. The molecule has 1 N–H and O–H groups in total. The van der Waals surface area contributed by atoms with E-state index in [0.29, 0.717) is 6.04 Å². The van der Waals surface area contributed by atoms with E-state index in [1.165, 1.54) is 19.3 Å². The van der Waals surface area contributed by atoms with Crippen LogP contribution >= 0.6 is 0 Å². The Hall–Kier alpha value is -1.49. The fourth-order valence-corrected chi connectivity index (χ4v) is 4.57. The van der Waals surface area contributed by atoms with Gasteiger partial charge in [0.1, 0.15) is 6.07 Å². The Balaban J connectivity index is 1.56. The lowest BCUT2D eigenvalue weighted by atomic mass is 10.0. The monoisotopic (exact) mass is 238 g/mol. The largest absolute Gasteiger partial charge is 0.381 e. The second-order valence-corrected chi connectivity index (χ2v) is 6.32. The summed E-state index contributed by atoms with van der Waals surface area (Å²) in [7, 11) is 0. The van der Waals surface area contributed by atoms with Crippen LogP contribution in [-0.4, -0.2) is 6.04 Å². The predicted molar refractivity (Wildman–Crippen MR) is 71.1 cm³/mol. The SMILES string of the molecule is Cc1ccc(NC2C3C4CCC(C4)C23)c(C#N)c1. The summed E-state index contributed by atoms with van der Waals surface area (Å²) in [6.07, 6.45) is 4.37. The van der Waals surface area contributed by atoms with Crippen LogP contribution in [0.3, 0.4) is 0 Å². The first-order valence-electron chi connectivity index (χ1n) is 7.05. The van der Waals surface area contributed by atoms with Crippen LogP contribution in [0.4, 0.5) is 5.69 Å². The average molecular weight is 238 g/mol. The van der Waals surface area contributed by atoms with Crippen molar-refractivity contribution in [1.29, 1.82) is 5.26 Å². The number of rotatable bonds is 2. The lowest BCUT2D eigenvalue weighted by molar-refractivity contribution is 0.456. The molecule has 3 aliphatic carbocycles. The van der Waals surface area contributed by atoms with Gasteiger partial charge in [-0.25, -0.2) is 0 Å². The van der Waals surface area contributed by atoms with Gasteiger partial charge in [0.15, 0.2) is 0 Å². The number of benzene rings is 1. The summed E-state index contributed by atoms with van der Waals surface area (Å²) in [4.78, 5) is 0. The number of fused-ring (bicyclic) bond motifs is 5. The van der Waals surface area contributed by atoms with Gasteiger partial charge in [0.25, 0.3) is 0 Å². The highest BCUT2D eigenvalue weighted by Crippen LogP contribution is 2.66. The van der Waals surface area contributed by atoms with Gasteiger partial charge in [0, 0.05) is 6.04 Å². The first-order valence-corrected chi connectivity index (χ1v) is 7.05. The number of nitriles is 1. The topological polar surface area (TPSA) is 35.8 Å². The highest BCUT2D eigenvalue weighted by Gasteiger charge is 2.65. The Labute approximate surface area is 108 Å². The van der Waals surface area contributed by atoms with Crippen LogP contribution in [0.1, 0.15) is 30.4 Å². The highest BCUT2D eigenvalue weighted by molar-refractivity contribution is 5.60. The maximum absolute atomic E-state index is 9.21. The first-order chi connectivity index (χ1) is 8.78. The van der Waals surface area contributed by atoms with Gasteiger partial charge in [-0.3, -0.25) is 0 Å². The minimum Gasteiger partial charge on any atom is -0.381 e. The normalized spacial score (nSPS) is 39.2. The van der Waals surface area contributed by atoms with E-state index in [-0.39, 0.29) is 0 Å². The maximum Gasteiger partial charge on any atom is 0.101 e. The third-order valence-corrected chi connectivity index (χ3v) is 5.35. The number of nitrogens with one attached hydrogen (secondary N) is 1. The van der Waals surface area contributed by atoms with Crippen LogP contribution in [0, 0.1) is 41.9 Å². The molecule has 3 aliphatic rings. The standard InChI is InChI=1S/C16H18N2/c1-9-2-5-13(12(6-9)8-17)18-16-14-10-3-4-11(7-10)15(14)16/h2,5-6,10-11,14-16,18H,3-4,7H2,1H3. The zero-order chi connectivity index (χ0) is 12.3. The third-order valence-electron chi connectivity index (χ3n) is 5.35. The van der Waals surface area contributed by atoms with Crippen molar-refractivity contribution in [3.05, 3.63) is 29.3 Å². The minimum atomic E-state index is 0.658. The number of hydrogen-bond donors (Lipinski definition) is 1. The second-order valence-electron chi connectivity index (χ2n) is 6.32. The number of anilines is 1. The molecule has 3 fully saturated rings. The van der Waals surface area contributed by atoms with Crippen molar-refractivity contribution in [2.24, 2.45) is 23.7 Å². The molecule has 18 heavy (non-hydrogen) atoms. The summed E-state index contributed by atoms with van der Waals surface area (Å²) in [6, 6.07) is 9.12. The molecule has 0 heterocycles. The molecule has 1 aromatic carbocycles. The van der Waals surface area contributed by atoms with Gasteiger partial charge >= 0.3 is 0 Å². The lowest BCUT2D eigenvalue weighted by Crippen LogP contribution is -2.13. The van der Waals surface area contributed by atoms with Crippen molar-refractivity contribution >= 4 is 5.69 Å². The van der Waals surface area contributed by atoms with Gasteiger partial charge < -0.3 is 5.32 Å². The van der Waals surface area contributed by atoms with Crippen LogP contribution in [0.5, 0.6) is 0 Å². The fraction of sp³-hybridized carbons (Fsp3) is 0.562. The molecule has 92 valence electrons. The molecular formula is C16H18N2. The lowest BCUT2D eigenvalue weighted by Gasteiger charge is -2.13. The molecule has 3 saturated carbocycles. The Bertz CT molecular complexity index is 527. The van der Waals surface area contributed by atoms with Gasteiger partial charge in [-0.2, -0.15) is 5.26 Å². The molecule has 0 amide bonds. The van der Waals surface area contributed by atoms with Crippen LogP contribution in [0.2, 0.25) is 0 Å². The van der Waals surface area contributed by atoms with Gasteiger partial charge in [-0.15, -0.1) is 0 Å². The molecule has 2 nitrogen and oxygen atoms in total. The summed E-state index contributed by atoms with van der Waals surface area (Å²) in [5.74, 6) is 3.79. The van der Waals surface area contributed by atoms with E-state index in [0.717, 1.165) is 40.5 Å². The maximum atomic E-state index is 9.21. The molecule has 2 bridgehead atoms. The summed E-state index contributed by atoms with van der Waals surface area (Å²) in [6.45, 7) is 2.04. The van der Waals surface area contributed by atoms with E-state index < -0.39 is 0 Å². The predicted octanol–water partition coefficient (Wildman–Crippen LogP) is 3.32. The Morgan fingerprint density at radius 2 is 1.94 bits per heavy atom. The molecule has 0 saturated heterocycles. The van der Waals surface area contributed by atoms with E-state index >= 15 is 0 Å². The smallest absolute Gasteiger partial charge is 0.101 e. The molecular weight excluding hydrogens is 220 g/mol. The van der Waals surface area contributed by atoms with Gasteiger partial charge in [-0.1, -0.05) is 6.07 Å². The molecule has 1 aromatic rings. The highest BCUT2D eigenvalue weighted by atomic mass is 15.0. The van der Waals surface area contributed by atoms with Crippen LogP contribution < -0.4 is 5.32 Å². The zero-order valence-corrected chi connectivity index (χ0v) is 10.7. The summed E-state index contributed by atoms with van der Waals surface area (Å²) in [5.41, 5.74) is 3.00. The molecule has 0 aliphatic heterocycles. The van der Waals surface area contributed by atoms with Crippen molar-refractivity contribution in [3.63, 3.8) is 0 Å². The Morgan fingerprint density at radius 1 is 1.22 bits per heavy atom. The van der Waals surface area contributed by atoms with Crippen LogP contribution in [0.15, 0.2) is 18.2 Å². The fourth-order valence-electron chi connectivity index (χ4n) is 4.57. The summed E-state index contributed by atoms with van der Waals surface area (Å²) < 4.78 is 0. The van der Waals surface area contributed by atoms with Crippen molar-refractivity contribution in [1.82, 2.24) is 0 Å². The van der Waals surface area contributed by atoms with Crippen molar-refractivity contribution < 1.29 is 0 Å². The van der Waals surface area contributed by atoms with Crippen LogP contribution in [0.25, 0.3) is 0 Å². The second kappa shape index (κ2) is 3.51. The minimum absolute atomic E-state index is 0.658. The van der Waals surface area contributed by atoms with Crippen molar-refractivity contribution in [2.45, 2.75) is 32.2 Å². The van der Waals surface area contributed by atoms with Crippen molar-refractivity contribution in [2.75, 3.05) is 5.32 Å². The molecule has 2 heteroatoms. The van der Waals surface area contributed by atoms with Gasteiger partial charge in [0.05, 0.1) is 11.3 Å². The first kappa shape index (κ1) is 10.4. The van der Waals surface area contributed by atoms with E-state index in [4.69, 9.17) is 0 Å². The molecule has 0 aromatic heterocycles. The molecule has 4 rings (SSSR count). The average Bonchev–Trinajstić information content (AvgIpc) is 2.78. The third kappa shape index (κ3) is 1.34. The Kier molecular flexibility index (Phi) is 2.03. The van der Waals surface area contributed by atoms with Gasteiger partial charge in [-0.05, 0) is 67.6 Å². The van der Waals surface area contributed by atoms with E-state index in [9.17, 15) is 5.26 Å². The van der Waals surface area contributed by atoms with Gasteiger partial charge in [0.2, 0.25) is 0 Å². The summed E-state index contributed by atoms with van der Waals surface area (Å²) >= 11 is 0. The molecule has 0 spiro atoms. The van der Waals surface area contributed by atoms with E-state index in [1.54, 1.807) is 0 Å². The number of aryl methyl sites for hydroxylation is 1. The van der Waals surface area contributed by atoms with Crippen LogP contribution in [-0.2, 0) is 0 Å². The zero-order valence-electron chi connectivity index (χ0n) is 10.7. The van der Waals surface area contributed by atoms with Crippen molar-refractivity contribution in [3.8, 4) is 6.07 Å². The number of nitrogens with zero attached hydrogens (tertiary/aromatic N) is 1. The molecule has 4 atom stereocenters. The number of hydrogen-bond acceptors (Lipinski definition) is 2.